The first-order valence-electron chi connectivity index (χ1n) is 10.0. The van der Waals surface area contributed by atoms with Gasteiger partial charge >= 0.3 is 0 Å². The van der Waals surface area contributed by atoms with E-state index in [4.69, 9.17) is 4.98 Å². The molecule has 1 amide bonds. The molecule has 0 aliphatic carbocycles. The third-order valence-electron chi connectivity index (χ3n) is 5.37. The number of piperidine rings is 1. The third kappa shape index (κ3) is 3.95. The highest BCUT2D eigenvalue weighted by Gasteiger charge is 2.19. The SMILES string of the molecule is Cc1nn(C)c2nc(-c3cccs3)cc(C(=O)NCCCN3CCCCC3)c12. The van der Waals surface area contributed by atoms with Crippen LogP contribution in [0.4, 0.5) is 0 Å². The van der Waals surface area contributed by atoms with Crippen LogP contribution in [0.5, 0.6) is 0 Å². The van der Waals surface area contributed by atoms with Crippen molar-refractivity contribution in [3.05, 3.63) is 34.8 Å². The number of hydrogen-bond donors (Lipinski definition) is 1. The molecular weight excluding hydrogens is 370 g/mol. The van der Waals surface area contributed by atoms with Crippen molar-refractivity contribution in [2.24, 2.45) is 7.05 Å². The normalized spacial score (nSPS) is 15.2. The number of amides is 1. The minimum absolute atomic E-state index is 0.0417. The lowest BCUT2D eigenvalue weighted by Crippen LogP contribution is -2.33. The summed E-state index contributed by atoms with van der Waals surface area (Å²) in [6.45, 7) is 6.06. The molecule has 0 aromatic carbocycles. The summed E-state index contributed by atoms with van der Waals surface area (Å²) in [5, 5.41) is 10.5. The Hall–Kier alpha value is -2.25. The average Bonchev–Trinajstić information content (AvgIpc) is 3.34. The van der Waals surface area contributed by atoms with E-state index in [9.17, 15) is 4.79 Å². The van der Waals surface area contributed by atoms with Crippen LogP contribution >= 0.6 is 11.3 Å². The molecule has 7 heteroatoms. The fourth-order valence-electron chi connectivity index (χ4n) is 3.96. The maximum atomic E-state index is 13.0. The van der Waals surface area contributed by atoms with Gasteiger partial charge in [-0.3, -0.25) is 9.48 Å². The molecule has 4 rings (SSSR count). The number of rotatable bonds is 6. The van der Waals surface area contributed by atoms with Crippen molar-refractivity contribution in [2.75, 3.05) is 26.2 Å². The number of likely N-dealkylation sites (tertiary alicyclic amines) is 1. The molecule has 1 N–H and O–H groups in total. The topological polar surface area (TPSA) is 63.1 Å². The summed E-state index contributed by atoms with van der Waals surface area (Å²) in [4.78, 5) is 21.3. The smallest absolute Gasteiger partial charge is 0.252 e. The number of aromatic nitrogens is 3. The van der Waals surface area contributed by atoms with Crippen molar-refractivity contribution in [1.82, 2.24) is 25.0 Å². The van der Waals surface area contributed by atoms with E-state index in [1.165, 1.54) is 32.4 Å². The van der Waals surface area contributed by atoms with Gasteiger partial charge in [-0.05, 0) is 63.3 Å². The molecular formula is C21H27N5OS. The van der Waals surface area contributed by atoms with Gasteiger partial charge in [0.05, 0.1) is 27.2 Å². The van der Waals surface area contributed by atoms with Gasteiger partial charge in [0.25, 0.3) is 5.91 Å². The fraction of sp³-hybridized carbons (Fsp3) is 0.476. The molecule has 6 nitrogen and oxygen atoms in total. The average molecular weight is 398 g/mol. The first-order chi connectivity index (χ1) is 13.6. The molecule has 1 aliphatic heterocycles. The minimum Gasteiger partial charge on any atom is -0.352 e. The van der Waals surface area contributed by atoms with Crippen LogP contribution in [0.1, 0.15) is 41.7 Å². The standard InChI is InChI=1S/C21H27N5OS/c1-15-19-16(21(27)22-9-7-12-26-10-4-3-5-11-26)14-17(18-8-6-13-28-18)23-20(19)25(2)24-15/h6,8,13-14H,3-5,7,9-12H2,1-2H3,(H,22,27). The second-order valence-corrected chi connectivity index (χ2v) is 8.40. The Labute approximate surface area is 169 Å². The van der Waals surface area contributed by atoms with Crippen LogP contribution in [0.25, 0.3) is 21.6 Å². The molecule has 1 saturated heterocycles. The highest BCUT2D eigenvalue weighted by molar-refractivity contribution is 7.13. The number of carbonyl (C=O) groups excluding carboxylic acids is 1. The van der Waals surface area contributed by atoms with Crippen molar-refractivity contribution in [2.45, 2.75) is 32.6 Å². The number of thiophene rings is 1. The van der Waals surface area contributed by atoms with E-state index in [2.05, 4.69) is 15.3 Å². The summed E-state index contributed by atoms with van der Waals surface area (Å²) < 4.78 is 1.76. The molecule has 4 heterocycles. The van der Waals surface area contributed by atoms with E-state index in [0.29, 0.717) is 12.1 Å². The maximum absolute atomic E-state index is 13.0. The van der Waals surface area contributed by atoms with Crippen molar-refractivity contribution in [3.63, 3.8) is 0 Å². The quantitative estimate of drug-likeness (QED) is 0.646. The number of nitrogens with one attached hydrogen (secondary N) is 1. The summed E-state index contributed by atoms with van der Waals surface area (Å²) in [6.07, 6.45) is 4.92. The predicted molar refractivity (Wildman–Crippen MR) is 114 cm³/mol. The molecule has 0 bridgehead atoms. The Balaban J connectivity index is 1.52. The number of aryl methyl sites for hydroxylation is 2. The Morgan fingerprint density at radius 1 is 1.29 bits per heavy atom. The summed E-state index contributed by atoms with van der Waals surface area (Å²) in [7, 11) is 1.88. The molecule has 1 fully saturated rings. The molecule has 3 aromatic rings. The van der Waals surface area contributed by atoms with Gasteiger partial charge in [-0.2, -0.15) is 5.10 Å². The molecule has 0 atom stereocenters. The summed E-state index contributed by atoms with van der Waals surface area (Å²) in [5.41, 5.74) is 3.07. The lowest BCUT2D eigenvalue weighted by Gasteiger charge is -2.26. The number of hydrogen-bond acceptors (Lipinski definition) is 5. The van der Waals surface area contributed by atoms with E-state index >= 15 is 0 Å². The molecule has 0 radical (unpaired) electrons. The molecule has 3 aromatic heterocycles. The van der Waals surface area contributed by atoms with E-state index in [1.54, 1.807) is 16.0 Å². The number of nitrogens with zero attached hydrogens (tertiary/aromatic N) is 4. The van der Waals surface area contributed by atoms with Gasteiger partial charge in [-0.25, -0.2) is 4.98 Å². The molecule has 0 saturated carbocycles. The van der Waals surface area contributed by atoms with Crippen LogP contribution in [0.3, 0.4) is 0 Å². The first-order valence-corrected chi connectivity index (χ1v) is 10.9. The van der Waals surface area contributed by atoms with E-state index < -0.39 is 0 Å². The number of pyridine rings is 1. The fourth-order valence-corrected chi connectivity index (χ4v) is 4.64. The lowest BCUT2D eigenvalue weighted by atomic mass is 10.1. The predicted octanol–water partition coefficient (Wildman–Crippen LogP) is 3.61. The Morgan fingerprint density at radius 3 is 2.86 bits per heavy atom. The summed E-state index contributed by atoms with van der Waals surface area (Å²) in [5.74, 6) is -0.0417. The Bertz CT molecular complexity index is 957. The van der Waals surface area contributed by atoms with Gasteiger partial charge in [0.15, 0.2) is 5.65 Å². The minimum atomic E-state index is -0.0417. The van der Waals surface area contributed by atoms with Gasteiger partial charge in [0.1, 0.15) is 0 Å². The summed E-state index contributed by atoms with van der Waals surface area (Å²) >= 11 is 1.63. The van der Waals surface area contributed by atoms with Gasteiger partial charge < -0.3 is 10.2 Å². The third-order valence-corrected chi connectivity index (χ3v) is 6.26. The lowest BCUT2D eigenvalue weighted by molar-refractivity contribution is 0.0952. The number of carbonyl (C=O) groups is 1. The van der Waals surface area contributed by atoms with Crippen LogP contribution in [-0.4, -0.2) is 51.8 Å². The van der Waals surface area contributed by atoms with Gasteiger partial charge in [0, 0.05) is 13.6 Å². The monoisotopic (exact) mass is 397 g/mol. The van der Waals surface area contributed by atoms with Crippen molar-refractivity contribution in [3.8, 4) is 10.6 Å². The highest BCUT2D eigenvalue weighted by atomic mass is 32.1. The van der Waals surface area contributed by atoms with Gasteiger partial charge in [-0.1, -0.05) is 12.5 Å². The zero-order valence-electron chi connectivity index (χ0n) is 16.6. The molecule has 0 unspecified atom stereocenters. The highest BCUT2D eigenvalue weighted by Crippen LogP contribution is 2.29. The van der Waals surface area contributed by atoms with Crippen LogP contribution in [0.15, 0.2) is 23.6 Å². The van der Waals surface area contributed by atoms with Crippen molar-refractivity contribution >= 4 is 28.3 Å². The second kappa shape index (κ2) is 8.41. The zero-order chi connectivity index (χ0) is 19.5. The maximum Gasteiger partial charge on any atom is 0.252 e. The van der Waals surface area contributed by atoms with Crippen LogP contribution < -0.4 is 5.32 Å². The van der Waals surface area contributed by atoms with E-state index in [0.717, 1.165) is 40.3 Å². The molecule has 1 aliphatic rings. The summed E-state index contributed by atoms with van der Waals surface area (Å²) in [6, 6.07) is 5.94. The zero-order valence-corrected chi connectivity index (χ0v) is 17.4. The second-order valence-electron chi connectivity index (χ2n) is 7.45. The first kappa shape index (κ1) is 19.1. The van der Waals surface area contributed by atoms with Crippen molar-refractivity contribution < 1.29 is 4.79 Å². The van der Waals surface area contributed by atoms with Crippen LogP contribution in [0, 0.1) is 6.92 Å². The molecule has 0 spiro atoms. The Morgan fingerprint density at radius 2 is 2.11 bits per heavy atom. The van der Waals surface area contributed by atoms with Crippen LogP contribution in [-0.2, 0) is 7.05 Å². The molecule has 148 valence electrons. The Kier molecular flexibility index (Phi) is 5.73. The van der Waals surface area contributed by atoms with Crippen molar-refractivity contribution in [1.29, 1.82) is 0 Å². The number of fused-ring (bicyclic) bond motifs is 1. The molecule has 28 heavy (non-hydrogen) atoms. The van der Waals surface area contributed by atoms with Gasteiger partial charge in [0.2, 0.25) is 0 Å². The van der Waals surface area contributed by atoms with Gasteiger partial charge in [-0.15, -0.1) is 11.3 Å². The largest absolute Gasteiger partial charge is 0.352 e. The van der Waals surface area contributed by atoms with E-state index in [-0.39, 0.29) is 5.91 Å². The van der Waals surface area contributed by atoms with Crippen LogP contribution in [0.2, 0.25) is 0 Å². The van der Waals surface area contributed by atoms with E-state index in [1.807, 2.05) is 37.6 Å².